The zero-order valence-corrected chi connectivity index (χ0v) is 16.9. The molecular formula is C20H26N6O4. The molecule has 0 aliphatic carbocycles. The van der Waals surface area contributed by atoms with E-state index in [4.69, 9.17) is 14.2 Å². The number of ether oxygens (including phenoxy) is 3. The van der Waals surface area contributed by atoms with Gasteiger partial charge in [-0.3, -0.25) is 4.79 Å². The molecule has 2 fully saturated rings. The summed E-state index contributed by atoms with van der Waals surface area (Å²) in [6, 6.07) is 1.65. The Morgan fingerprint density at radius 1 is 1.33 bits per heavy atom. The first-order valence-electron chi connectivity index (χ1n) is 10.5. The molecule has 2 aromatic heterocycles. The first-order chi connectivity index (χ1) is 14.7. The van der Waals surface area contributed by atoms with E-state index in [1.807, 2.05) is 9.58 Å². The highest BCUT2D eigenvalue weighted by Gasteiger charge is 2.41. The zero-order chi connectivity index (χ0) is 20.4. The van der Waals surface area contributed by atoms with Crippen molar-refractivity contribution in [2.45, 2.75) is 57.1 Å². The van der Waals surface area contributed by atoms with Gasteiger partial charge in [0.25, 0.3) is 5.91 Å². The summed E-state index contributed by atoms with van der Waals surface area (Å²) in [6.07, 6.45) is 6.87. The maximum atomic E-state index is 12.6. The van der Waals surface area contributed by atoms with E-state index in [0.717, 1.165) is 43.7 Å². The lowest BCUT2D eigenvalue weighted by Crippen LogP contribution is -2.52. The van der Waals surface area contributed by atoms with Crippen molar-refractivity contribution in [2.75, 3.05) is 26.3 Å². The van der Waals surface area contributed by atoms with Crippen molar-refractivity contribution in [1.82, 2.24) is 29.9 Å². The van der Waals surface area contributed by atoms with Crippen LogP contribution in [0.4, 0.5) is 0 Å². The lowest BCUT2D eigenvalue weighted by atomic mass is 9.89. The van der Waals surface area contributed by atoms with Gasteiger partial charge in [0.2, 0.25) is 0 Å². The normalized spacial score (nSPS) is 22.9. The fraction of sp³-hybridized carbons (Fsp3) is 0.650. The summed E-state index contributed by atoms with van der Waals surface area (Å²) in [5, 5.41) is 8.65. The average molecular weight is 414 g/mol. The maximum Gasteiger partial charge on any atom is 0.272 e. The molecule has 5 rings (SSSR count). The number of amides is 1. The van der Waals surface area contributed by atoms with Crippen molar-refractivity contribution in [3.8, 4) is 0 Å². The number of hydrogen-bond acceptors (Lipinski definition) is 8. The van der Waals surface area contributed by atoms with E-state index in [1.54, 1.807) is 12.3 Å². The molecule has 10 heteroatoms. The van der Waals surface area contributed by atoms with Crippen LogP contribution in [-0.2, 0) is 34.0 Å². The van der Waals surface area contributed by atoms with Crippen LogP contribution in [0.25, 0.3) is 0 Å². The quantitative estimate of drug-likeness (QED) is 0.713. The van der Waals surface area contributed by atoms with E-state index >= 15 is 0 Å². The second-order valence-corrected chi connectivity index (χ2v) is 8.15. The standard InChI is InChI=1S/C20H26N6O4/c27-19(16-3-6-21-14-22-16)25-7-4-20(5-8-25)13-26-18(12-30-20)17(23-24-26)11-28-10-15-2-1-9-29-15/h3,6,14-15H,1-2,4-5,7-13H2. The van der Waals surface area contributed by atoms with Gasteiger partial charge >= 0.3 is 0 Å². The number of piperidine rings is 1. The van der Waals surface area contributed by atoms with E-state index in [9.17, 15) is 4.79 Å². The number of rotatable bonds is 5. The predicted molar refractivity (Wildman–Crippen MR) is 103 cm³/mol. The number of carbonyl (C=O) groups is 1. The van der Waals surface area contributed by atoms with E-state index in [0.29, 0.717) is 45.1 Å². The van der Waals surface area contributed by atoms with Gasteiger partial charge < -0.3 is 19.1 Å². The summed E-state index contributed by atoms with van der Waals surface area (Å²) in [6.45, 7) is 4.21. The molecule has 2 aromatic rings. The summed E-state index contributed by atoms with van der Waals surface area (Å²) in [5.41, 5.74) is 1.93. The molecule has 0 radical (unpaired) electrons. The van der Waals surface area contributed by atoms with Gasteiger partial charge in [-0.05, 0) is 31.7 Å². The van der Waals surface area contributed by atoms with Crippen LogP contribution in [0.5, 0.6) is 0 Å². The Hall–Kier alpha value is -2.43. The SMILES string of the molecule is O=C(c1ccncn1)N1CCC2(CC1)Cn1nnc(COCC3CCCO3)c1CO2. The molecule has 1 unspecified atom stereocenters. The van der Waals surface area contributed by atoms with Gasteiger partial charge in [0.15, 0.2) is 0 Å². The molecule has 0 N–H and O–H groups in total. The first kappa shape index (κ1) is 19.5. The van der Waals surface area contributed by atoms with Crippen LogP contribution in [0, 0.1) is 0 Å². The van der Waals surface area contributed by atoms with Crippen molar-refractivity contribution < 1.29 is 19.0 Å². The first-order valence-corrected chi connectivity index (χ1v) is 10.5. The molecular weight excluding hydrogens is 388 g/mol. The average Bonchev–Trinajstić information content (AvgIpc) is 3.44. The highest BCUT2D eigenvalue weighted by molar-refractivity contribution is 5.92. The Bertz CT molecular complexity index is 875. The second kappa shape index (κ2) is 8.37. The Labute approximate surface area is 174 Å². The second-order valence-electron chi connectivity index (χ2n) is 8.15. The van der Waals surface area contributed by atoms with Crippen LogP contribution in [-0.4, -0.2) is 73.8 Å². The molecule has 10 nitrogen and oxygen atoms in total. The van der Waals surface area contributed by atoms with Crippen LogP contribution in [0.1, 0.15) is 47.6 Å². The minimum Gasteiger partial charge on any atom is -0.376 e. The van der Waals surface area contributed by atoms with Crippen molar-refractivity contribution in [2.24, 2.45) is 0 Å². The highest BCUT2D eigenvalue weighted by Crippen LogP contribution is 2.34. The molecule has 3 aliphatic heterocycles. The van der Waals surface area contributed by atoms with Gasteiger partial charge in [0.05, 0.1) is 43.8 Å². The molecule has 2 saturated heterocycles. The largest absolute Gasteiger partial charge is 0.376 e. The van der Waals surface area contributed by atoms with Crippen molar-refractivity contribution in [3.05, 3.63) is 35.7 Å². The van der Waals surface area contributed by atoms with E-state index < -0.39 is 0 Å². The highest BCUT2D eigenvalue weighted by atomic mass is 16.5. The number of hydrogen-bond donors (Lipinski definition) is 0. The Balaban J connectivity index is 1.16. The molecule has 3 aliphatic rings. The Morgan fingerprint density at radius 3 is 3.00 bits per heavy atom. The predicted octanol–water partition coefficient (Wildman–Crippen LogP) is 0.969. The molecule has 5 heterocycles. The van der Waals surface area contributed by atoms with Crippen LogP contribution >= 0.6 is 0 Å². The van der Waals surface area contributed by atoms with Crippen LogP contribution in [0.3, 0.4) is 0 Å². The third kappa shape index (κ3) is 3.94. The van der Waals surface area contributed by atoms with Gasteiger partial charge in [0.1, 0.15) is 17.7 Å². The number of aromatic nitrogens is 5. The minimum absolute atomic E-state index is 0.0600. The summed E-state index contributed by atoms with van der Waals surface area (Å²) in [4.78, 5) is 22.4. The molecule has 30 heavy (non-hydrogen) atoms. The lowest BCUT2D eigenvalue weighted by Gasteiger charge is -2.43. The van der Waals surface area contributed by atoms with Crippen molar-refractivity contribution in [3.63, 3.8) is 0 Å². The van der Waals surface area contributed by atoms with Crippen LogP contribution < -0.4 is 0 Å². The van der Waals surface area contributed by atoms with E-state index in [1.165, 1.54) is 6.33 Å². The fourth-order valence-corrected chi connectivity index (χ4v) is 4.37. The summed E-state index contributed by atoms with van der Waals surface area (Å²) in [7, 11) is 0. The molecule has 0 aromatic carbocycles. The molecule has 0 saturated carbocycles. The number of carbonyl (C=O) groups excluding carboxylic acids is 1. The lowest BCUT2D eigenvalue weighted by molar-refractivity contribution is -0.120. The van der Waals surface area contributed by atoms with E-state index in [-0.39, 0.29) is 17.6 Å². The molecule has 0 bridgehead atoms. The van der Waals surface area contributed by atoms with Crippen LogP contribution in [0.15, 0.2) is 18.6 Å². The molecule has 1 amide bonds. The topological polar surface area (TPSA) is 104 Å². The summed E-state index contributed by atoms with van der Waals surface area (Å²) >= 11 is 0. The van der Waals surface area contributed by atoms with Crippen molar-refractivity contribution in [1.29, 1.82) is 0 Å². The Morgan fingerprint density at radius 2 is 2.23 bits per heavy atom. The third-order valence-electron chi connectivity index (χ3n) is 6.20. The zero-order valence-electron chi connectivity index (χ0n) is 16.9. The van der Waals surface area contributed by atoms with Gasteiger partial charge in [-0.25, -0.2) is 14.6 Å². The van der Waals surface area contributed by atoms with Crippen molar-refractivity contribution >= 4 is 5.91 Å². The van der Waals surface area contributed by atoms with E-state index in [2.05, 4.69) is 20.3 Å². The van der Waals surface area contributed by atoms with Gasteiger partial charge in [-0.1, -0.05) is 5.21 Å². The van der Waals surface area contributed by atoms with Gasteiger partial charge in [0, 0.05) is 25.9 Å². The molecule has 1 spiro atoms. The molecule has 1 atom stereocenters. The number of nitrogens with zero attached hydrogens (tertiary/aromatic N) is 6. The summed E-state index contributed by atoms with van der Waals surface area (Å²) < 4.78 is 19.6. The third-order valence-corrected chi connectivity index (χ3v) is 6.20. The molecule has 160 valence electrons. The van der Waals surface area contributed by atoms with Gasteiger partial charge in [-0.2, -0.15) is 0 Å². The maximum absolute atomic E-state index is 12.6. The van der Waals surface area contributed by atoms with Crippen LogP contribution in [0.2, 0.25) is 0 Å². The fourth-order valence-electron chi connectivity index (χ4n) is 4.37. The number of likely N-dealkylation sites (tertiary alicyclic amines) is 1. The number of fused-ring (bicyclic) bond motifs is 1. The summed E-state index contributed by atoms with van der Waals surface area (Å²) in [5.74, 6) is -0.0600. The van der Waals surface area contributed by atoms with Gasteiger partial charge in [-0.15, -0.1) is 5.10 Å². The smallest absolute Gasteiger partial charge is 0.272 e. The Kier molecular flexibility index (Phi) is 5.45. The monoisotopic (exact) mass is 414 g/mol. The minimum atomic E-state index is -0.307.